The number of hydrogen-bond donors (Lipinski definition) is 2. The second kappa shape index (κ2) is 9.40. The molecule has 1 aromatic rings. The largest absolute Gasteiger partial charge is 0.357 e. The monoisotopic (exact) mass is 335 g/mol. The third-order valence-electron chi connectivity index (χ3n) is 3.71. The van der Waals surface area contributed by atoms with Gasteiger partial charge in [0.2, 0.25) is 0 Å². The normalized spacial score (nSPS) is 18.7. The second-order valence-electron chi connectivity index (χ2n) is 5.50. The van der Waals surface area contributed by atoms with Crippen LogP contribution in [0, 0.1) is 0 Å². The fourth-order valence-electron chi connectivity index (χ4n) is 2.61. The van der Waals surface area contributed by atoms with Crippen molar-refractivity contribution in [3.63, 3.8) is 0 Å². The highest BCUT2D eigenvalue weighted by Gasteiger charge is 2.25. The van der Waals surface area contributed by atoms with Gasteiger partial charge in [0.15, 0.2) is 5.96 Å². The number of rotatable bonds is 6. The van der Waals surface area contributed by atoms with Gasteiger partial charge in [-0.1, -0.05) is 23.8 Å². The Labute approximate surface area is 143 Å². The average molecular weight is 336 g/mol. The molecule has 0 saturated carbocycles. The van der Waals surface area contributed by atoms with Gasteiger partial charge in [0.05, 0.1) is 5.02 Å². The molecule has 1 unspecified atom stereocenters. The second-order valence-corrected chi connectivity index (χ2v) is 5.91. The molecule has 5 nitrogen and oxygen atoms in total. The van der Waals surface area contributed by atoms with Crippen LogP contribution in [-0.2, 0) is 0 Å². The Kier molecular flexibility index (Phi) is 7.20. The molecule has 0 amide bonds. The van der Waals surface area contributed by atoms with Gasteiger partial charge in [-0.15, -0.1) is 0 Å². The summed E-state index contributed by atoms with van der Waals surface area (Å²) in [5, 5.41) is 7.53. The molecular formula is C17H26ClN5. The van der Waals surface area contributed by atoms with Gasteiger partial charge >= 0.3 is 0 Å². The Morgan fingerprint density at radius 3 is 3.17 bits per heavy atom. The molecule has 1 atom stereocenters. The van der Waals surface area contributed by atoms with Crippen molar-refractivity contribution in [1.82, 2.24) is 15.6 Å². The summed E-state index contributed by atoms with van der Waals surface area (Å²) >= 11 is 6.24. The number of guanidine groups is 1. The summed E-state index contributed by atoms with van der Waals surface area (Å²) in [6.45, 7) is 7.60. The Bertz CT molecular complexity index is 544. The van der Waals surface area contributed by atoms with Crippen LogP contribution < -0.4 is 15.5 Å². The van der Waals surface area contributed by atoms with Gasteiger partial charge in [-0.2, -0.15) is 0 Å². The van der Waals surface area contributed by atoms with Crippen molar-refractivity contribution in [1.29, 1.82) is 0 Å². The van der Waals surface area contributed by atoms with E-state index in [4.69, 9.17) is 11.6 Å². The third kappa shape index (κ3) is 5.43. The maximum absolute atomic E-state index is 6.24. The van der Waals surface area contributed by atoms with Crippen LogP contribution in [0.3, 0.4) is 0 Å². The topological polar surface area (TPSA) is 52.6 Å². The molecule has 2 heterocycles. The molecule has 0 aliphatic carbocycles. The van der Waals surface area contributed by atoms with E-state index in [-0.39, 0.29) is 0 Å². The number of nitrogens with zero attached hydrogens (tertiary/aromatic N) is 3. The number of aromatic nitrogens is 1. The van der Waals surface area contributed by atoms with E-state index >= 15 is 0 Å². The summed E-state index contributed by atoms with van der Waals surface area (Å²) in [4.78, 5) is 11.2. The summed E-state index contributed by atoms with van der Waals surface area (Å²) in [5.74, 6) is 1.75. The first-order valence-electron chi connectivity index (χ1n) is 8.26. The van der Waals surface area contributed by atoms with E-state index < -0.39 is 0 Å². The first kappa shape index (κ1) is 17.6. The molecule has 1 fully saturated rings. The van der Waals surface area contributed by atoms with Gasteiger partial charge in [0.25, 0.3) is 0 Å². The number of nitrogens with one attached hydrogen (secondary N) is 2. The van der Waals surface area contributed by atoms with Crippen molar-refractivity contribution in [2.24, 2.45) is 4.99 Å². The van der Waals surface area contributed by atoms with Crippen molar-refractivity contribution < 1.29 is 0 Å². The molecule has 1 aliphatic rings. The van der Waals surface area contributed by atoms with E-state index in [0.717, 1.165) is 50.8 Å². The van der Waals surface area contributed by atoms with Crippen LogP contribution in [0.15, 0.2) is 35.5 Å². The van der Waals surface area contributed by atoms with E-state index in [0.29, 0.717) is 11.1 Å². The van der Waals surface area contributed by atoms with Crippen molar-refractivity contribution in [2.75, 3.05) is 31.1 Å². The van der Waals surface area contributed by atoms with Crippen molar-refractivity contribution in [3.8, 4) is 0 Å². The van der Waals surface area contributed by atoms with Crippen LogP contribution in [0.1, 0.15) is 26.7 Å². The number of hydrogen-bond acceptors (Lipinski definition) is 3. The van der Waals surface area contributed by atoms with E-state index in [1.54, 1.807) is 6.20 Å². The maximum Gasteiger partial charge on any atom is 0.191 e. The Morgan fingerprint density at radius 2 is 2.43 bits per heavy atom. The molecule has 1 saturated heterocycles. The first-order valence-corrected chi connectivity index (χ1v) is 8.63. The molecular weight excluding hydrogens is 310 g/mol. The number of anilines is 1. The lowest BCUT2D eigenvalue weighted by Crippen LogP contribution is -2.44. The number of pyridine rings is 1. The number of halogens is 1. The highest BCUT2D eigenvalue weighted by atomic mass is 35.5. The number of aliphatic imine (C=N–C) groups is 1. The summed E-state index contributed by atoms with van der Waals surface area (Å²) in [5.41, 5.74) is 0. The minimum absolute atomic E-state index is 0.354. The lowest BCUT2D eigenvalue weighted by Gasteiger charge is -2.20. The maximum atomic E-state index is 6.24. The first-order chi connectivity index (χ1) is 11.2. The molecule has 0 bridgehead atoms. The van der Waals surface area contributed by atoms with E-state index in [9.17, 15) is 0 Å². The van der Waals surface area contributed by atoms with Crippen LogP contribution in [0.2, 0.25) is 5.02 Å². The van der Waals surface area contributed by atoms with Crippen molar-refractivity contribution in [3.05, 3.63) is 35.5 Å². The van der Waals surface area contributed by atoms with Crippen LogP contribution in [0.5, 0.6) is 0 Å². The van der Waals surface area contributed by atoms with Gasteiger partial charge in [-0.05, 0) is 38.8 Å². The van der Waals surface area contributed by atoms with Crippen LogP contribution in [0.25, 0.3) is 0 Å². The molecule has 0 aromatic carbocycles. The summed E-state index contributed by atoms with van der Waals surface area (Å²) in [7, 11) is 0. The van der Waals surface area contributed by atoms with Crippen LogP contribution >= 0.6 is 11.6 Å². The molecule has 23 heavy (non-hydrogen) atoms. The molecule has 0 radical (unpaired) electrons. The Hall–Kier alpha value is -1.75. The standard InChI is InChI=1S/C17H26ClN5/c1-3-5-6-10-21-17(19-4-2)22-14-9-12-23(13-14)16-15(18)8-7-11-20-16/h3,5,7-8,11,14H,4,6,9-10,12-13H2,1-2H3,(H2,19,21,22)/b5-3+. The molecule has 1 aromatic heterocycles. The summed E-state index contributed by atoms with van der Waals surface area (Å²) in [6, 6.07) is 4.10. The minimum atomic E-state index is 0.354. The molecule has 1 aliphatic heterocycles. The van der Waals surface area contributed by atoms with Crippen molar-refractivity contribution >= 4 is 23.4 Å². The molecule has 2 rings (SSSR count). The predicted octanol–water partition coefficient (Wildman–Crippen LogP) is 2.84. The molecule has 6 heteroatoms. The molecule has 2 N–H and O–H groups in total. The highest BCUT2D eigenvalue weighted by molar-refractivity contribution is 6.32. The van der Waals surface area contributed by atoms with E-state index in [2.05, 4.69) is 44.6 Å². The minimum Gasteiger partial charge on any atom is -0.357 e. The Balaban J connectivity index is 1.90. The van der Waals surface area contributed by atoms with Crippen LogP contribution in [0.4, 0.5) is 5.82 Å². The van der Waals surface area contributed by atoms with Crippen LogP contribution in [-0.4, -0.2) is 43.2 Å². The van der Waals surface area contributed by atoms with Gasteiger partial charge in [0, 0.05) is 38.4 Å². The fraction of sp³-hybridized carbons (Fsp3) is 0.529. The third-order valence-corrected chi connectivity index (χ3v) is 4.01. The van der Waals surface area contributed by atoms with Gasteiger partial charge < -0.3 is 15.5 Å². The van der Waals surface area contributed by atoms with E-state index in [1.165, 1.54) is 0 Å². The lowest BCUT2D eigenvalue weighted by molar-refractivity contribution is 0.649. The molecule has 0 spiro atoms. The Morgan fingerprint density at radius 1 is 1.57 bits per heavy atom. The van der Waals surface area contributed by atoms with Gasteiger partial charge in [-0.3, -0.25) is 4.99 Å². The van der Waals surface area contributed by atoms with Crippen molar-refractivity contribution in [2.45, 2.75) is 32.7 Å². The molecule has 126 valence electrons. The SMILES string of the molecule is C/C=C/CCN=C(NCC)NC1CCN(c2ncccc2Cl)C1. The van der Waals surface area contributed by atoms with Gasteiger partial charge in [-0.25, -0.2) is 4.98 Å². The lowest BCUT2D eigenvalue weighted by atomic mass is 10.3. The smallest absolute Gasteiger partial charge is 0.191 e. The van der Waals surface area contributed by atoms with Gasteiger partial charge in [0.1, 0.15) is 5.82 Å². The summed E-state index contributed by atoms with van der Waals surface area (Å²) in [6.07, 6.45) is 7.99. The zero-order valence-electron chi connectivity index (χ0n) is 13.9. The quantitative estimate of drug-likeness (QED) is 0.363. The fourth-order valence-corrected chi connectivity index (χ4v) is 2.85. The van der Waals surface area contributed by atoms with E-state index in [1.807, 2.05) is 19.1 Å². The number of allylic oxidation sites excluding steroid dienone is 1. The zero-order chi connectivity index (χ0) is 16.5. The highest BCUT2D eigenvalue weighted by Crippen LogP contribution is 2.25. The average Bonchev–Trinajstić information content (AvgIpc) is 3.00. The zero-order valence-corrected chi connectivity index (χ0v) is 14.7. The summed E-state index contributed by atoms with van der Waals surface area (Å²) < 4.78 is 0. The predicted molar refractivity (Wildman–Crippen MR) is 98.4 cm³/mol.